The molecular formula is C86H168O17P2. The molecule has 624 valence electrons. The number of hydrogen-bond acceptors (Lipinski definition) is 15. The first-order valence-electron chi connectivity index (χ1n) is 44.5. The molecule has 0 aliphatic carbocycles. The number of carbonyl (C=O) groups excluding carboxylic acids is 4. The fourth-order valence-electron chi connectivity index (χ4n) is 13.4. The molecule has 17 nitrogen and oxygen atoms in total. The number of unbranched alkanes of at least 4 members (excludes halogenated alkanes) is 55. The molecular weight excluding hydrogens is 1370 g/mol. The summed E-state index contributed by atoms with van der Waals surface area (Å²) in [5, 5.41) is 10.7. The van der Waals surface area contributed by atoms with Gasteiger partial charge >= 0.3 is 39.5 Å². The minimum Gasteiger partial charge on any atom is -0.462 e. The highest BCUT2D eigenvalue weighted by molar-refractivity contribution is 7.47. The highest BCUT2D eigenvalue weighted by atomic mass is 31.2. The van der Waals surface area contributed by atoms with Gasteiger partial charge in [0.15, 0.2) is 12.2 Å². The molecule has 0 aliphatic rings. The van der Waals surface area contributed by atoms with Crippen LogP contribution in [0.1, 0.15) is 459 Å². The number of phosphoric acid groups is 2. The maximum atomic E-state index is 13.1. The number of esters is 4. The van der Waals surface area contributed by atoms with Gasteiger partial charge in [0, 0.05) is 25.7 Å². The van der Waals surface area contributed by atoms with Crippen LogP contribution in [-0.2, 0) is 65.4 Å². The third kappa shape index (κ3) is 79.9. The highest BCUT2D eigenvalue weighted by Crippen LogP contribution is 2.45. The summed E-state index contributed by atoms with van der Waals surface area (Å²) in [6.45, 7) is 9.57. The smallest absolute Gasteiger partial charge is 0.462 e. The van der Waals surface area contributed by atoms with Gasteiger partial charge in [-0.3, -0.25) is 37.3 Å². The lowest BCUT2D eigenvalue weighted by Gasteiger charge is -2.21. The van der Waals surface area contributed by atoms with Crippen LogP contribution in [0.5, 0.6) is 0 Å². The molecule has 3 N–H and O–H groups in total. The van der Waals surface area contributed by atoms with Gasteiger partial charge in [0.2, 0.25) is 0 Å². The number of ether oxygens (including phenoxy) is 4. The van der Waals surface area contributed by atoms with E-state index in [9.17, 15) is 43.2 Å². The molecule has 0 aromatic rings. The number of aliphatic hydroxyl groups is 1. The lowest BCUT2D eigenvalue weighted by Crippen LogP contribution is -2.30. The maximum absolute atomic E-state index is 13.1. The van der Waals surface area contributed by atoms with Crippen molar-refractivity contribution in [2.24, 2.45) is 11.8 Å². The fraction of sp³-hybridized carbons (Fsp3) is 0.953. The van der Waals surface area contributed by atoms with Crippen LogP contribution < -0.4 is 0 Å². The van der Waals surface area contributed by atoms with Crippen molar-refractivity contribution in [1.29, 1.82) is 0 Å². The van der Waals surface area contributed by atoms with Gasteiger partial charge < -0.3 is 33.8 Å². The molecule has 0 heterocycles. The van der Waals surface area contributed by atoms with Gasteiger partial charge in [-0.25, -0.2) is 9.13 Å². The van der Waals surface area contributed by atoms with E-state index in [4.69, 9.17) is 37.0 Å². The van der Waals surface area contributed by atoms with E-state index < -0.39 is 97.5 Å². The van der Waals surface area contributed by atoms with Crippen LogP contribution in [0, 0.1) is 11.8 Å². The predicted molar refractivity (Wildman–Crippen MR) is 432 cm³/mol. The van der Waals surface area contributed by atoms with E-state index >= 15 is 0 Å². The van der Waals surface area contributed by atoms with Gasteiger partial charge in [-0.2, -0.15) is 0 Å². The quantitative estimate of drug-likeness (QED) is 0.0222. The van der Waals surface area contributed by atoms with Crippen molar-refractivity contribution in [1.82, 2.24) is 0 Å². The number of rotatable bonds is 85. The topological polar surface area (TPSA) is 237 Å². The lowest BCUT2D eigenvalue weighted by atomic mass is 10.0. The molecule has 0 rings (SSSR count). The van der Waals surface area contributed by atoms with Gasteiger partial charge in [0.05, 0.1) is 26.4 Å². The lowest BCUT2D eigenvalue weighted by molar-refractivity contribution is -0.161. The van der Waals surface area contributed by atoms with E-state index in [0.29, 0.717) is 31.6 Å². The molecule has 0 aromatic heterocycles. The van der Waals surface area contributed by atoms with E-state index in [1.165, 1.54) is 270 Å². The molecule has 2 unspecified atom stereocenters. The average molecular weight is 1540 g/mol. The molecule has 105 heavy (non-hydrogen) atoms. The van der Waals surface area contributed by atoms with Gasteiger partial charge in [0.25, 0.3) is 0 Å². The number of hydrogen-bond donors (Lipinski definition) is 3. The summed E-state index contributed by atoms with van der Waals surface area (Å²) in [6.07, 6.45) is 69.9. The Labute approximate surface area is 645 Å². The van der Waals surface area contributed by atoms with Crippen molar-refractivity contribution in [3.05, 3.63) is 0 Å². The van der Waals surface area contributed by atoms with Gasteiger partial charge in [-0.15, -0.1) is 0 Å². The summed E-state index contributed by atoms with van der Waals surface area (Å²) in [5.74, 6) is -0.666. The SMILES string of the molecule is CCCCCCCCCCCCCCCCCCCCCCCCC(=O)O[C@H](COC(=O)CCCCCCCCCCCCCCCCCCCCCCC)COP(=O)(O)OC[C@@H](O)COP(=O)(O)OC[C@@H](COC(=O)CCCCCCCCCC(C)C)OC(=O)CCCCCCCCCCCC(C)C. The Balaban J connectivity index is 5.19. The first-order valence-corrected chi connectivity index (χ1v) is 47.5. The molecule has 0 aliphatic heterocycles. The van der Waals surface area contributed by atoms with Crippen LogP contribution in [0.3, 0.4) is 0 Å². The summed E-state index contributed by atoms with van der Waals surface area (Å²) in [5.41, 5.74) is 0. The monoisotopic (exact) mass is 1540 g/mol. The van der Waals surface area contributed by atoms with E-state index in [0.717, 1.165) is 102 Å². The summed E-state index contributed by atoms with van der Waals surface area (Å²) in [4.78, 5) is 73.1. The molecule has 5 atom stereocenters. The first kappa shape index (κ1) is 103. The number of phosphoric ester groups is 2. The van der Waals surface area contributed by atoms with E-state index in [2.05, 4.69) is 41.5 Å². The maximum Gasteiger partial charge on any atom is 0.472 e. The Kier molecular flexibility index (Phi) is 76.0. The van der Waals surface area contributed by atoms with Crippen molar-refractivity contribution in [2.75, 3.05) is 39.6 Å². The first-order chi connectivity index (χ1) is 50.9. The standard InChI is InChI=1S/C86H168O17P2/c1-7-9-11-13-15-17-19-21-23-25-27-29-31-33-35-37-39-41-45-51-58-64-70-85(90)102-81(74-96-83(88)68-62-56-50-44-40-38-36-34-32-30-28-26-24-22-20-18-16-14-12-10-8-2)76-100-104(92,93)98-72-80(87)73-99-105(94,95)101-77-82(75-97-84(89)69-63-57-53-47-49-55-61-67-79(5)6)103-86(91)71-65-59-52-46-42-43-48-54-60-66-78(3)4/h78-82,87H,7-77H2,1-6H3,(H,92,93)(H,94,95)/t80-,81-,82-/m1/s1. The zero-order valence-corrected chi connectivity index (χ0v) is 70.8. The van der Waals surface area contributed by atoms with Crippen molar-refractivity contribution in [3.63, 3.8) is 0 Å². The minimum atomic E-state index is -4.97. The highest BCUT2D eigenvalue weighted by Gasteiger charge is 2.30. The molecule has 0 saturated carbocycles. The third-order valence-corrected chi connectivity index (χ3v) is 22.1. The fourth-order valence-corrected chi connectivity index (χ4v) is 15.0. The Morgan fingerprint density at radius 2 is 0.438 bits per heavy atom. The molecule has 0 bridgehead atoms. The Hall–Kier alpha value is -1.94. The van der Waals surface area contributed by atoms with Crippen LogP contribution in [-0.4, -0.2) is 96.7 Å². The van der Waals surface area contributed by atoms with Crippen molar-refractivity contribution in [2.45, 2.75) is 477 Å². The normalized spacial score (nSPS) is 13.8. The van der Waals surface area contributed by atoms with E-state index in [1.54, 1.807) is 0 Å². The Bertz CT molecular complexity index is 2010. The Morgan fingerprint density at radius 3 is 0.648 bits per heavy atom. The minimum absolute atomic E-state index is 0.105. The van der Waals surface area contributed by atoms with Gasteiger partial charge in [0.1, 0.15) is 19.3 Å². The molecule has 0 radical (unpaired) electrons. The van der Waals surface area contributed by atoms with Gasteiger partial charge in [-0.1, -0.05) is 408 Å². The molecule has 19 heteroatoms. The zero-order chi connectivity index (χ0) is 77.1. The second-order valence-electron chi connectivity index (χ2n) is 31.9. The predicted octanol–water partition coefficient (Wildman–Crippen LogP) is 26.2. The second-order valence-corrected chi connectivity index (χ2v) is 34.8. The molecule has 0 aromatic carbocycles. The Morgan fingerprint density at radius 1 is 0.257 bits per heavy atom. The van der Waals surface area contributed by atoms with Crippen LogP contribution in [0.4, 0.5) is 0 Å². The second kappa shape index (κ2) is 77.4. The molecule has 0 saturated heterocycles. The van der Waals surface area contributed by atoms with Crippen LogP contribution in [0.2, 0.25) is 0 Å². The van der Waals surface area contributed by atoms with Crippen LogP contribution in [0.25, 0.3) is 0 Å². The average Bonchev–Trinajstić information content (AvgIpc) is 0.967. The van der Waals surface area contributed by atoms with Crippen molar-refractivity contribution in [3.8, 4) is 0 Å². The number of carbonyl (C=O) groups is 4. The van der Waals surface area contributed by atoms with Crippen molar-refractivity contribution < 1.29 is 80.2 Å². The van der Waals surface area contributed by atoms with E-state index in [-0.39, 0.29) is 25.7 Å². The van der Waals surface area contributed by atoms with E-state index in [1.807, 2.05) is 0 Å². The summed E-state index contributed by atoms with van der Waals surface area (Å²) >= 11 is 0. The largest absolute Gasteiger partial charge is 0.472 e. The van der Waals surface area contributed by atoms with Crippen LogP contribution in [0.15, 0.2) is 0 Å². The number of aliphatic hydroxyl groups excluding tert-OH is 1. The molecule has 0 amide bonds. The summed E-state index contributed by atoms with van der Waals surface area (Å²) in [7, 11) is -9.92. The molecule has 0 spiro atoms. The summed E-state index contributed by atoms with van der Waals surface area (Å²) in [6, 6.07) is 0. The van der Waals surface area contributed by atoms with Crippen molar-refractivity contribution >= 4 is 39.5 Å². The third-order valence-electron chi connectivity index (χ3n) is 20.2. The van der Waals surface area contributed by atoms with Gasteiger partial charge in [-0.05, 0) is 37.5 Å². The zero-order valence-electron chi connectivity index (χ0n) is 69.0. The summed E-state index contributed by atoms with van der Waals surface area (Å²) < 4.78 is 68.8. The van der Waals surface area contributed by atoms with Crippen LogP contribution >= 0.6 is 15.6 Å². The molecule has 0 fully saturated rings.